The molecule has 1 N–H and O–H groups in total. The predicted octanol–water partition coefficient (Wildman–Crippen LogP) is 1.03. The van der Waals surface area contributed by atoms with Gasteiger partial charge in [0.1, 0.15) is 5.82 Å². The van der Waals surface area contributed by atoms with Crippen LogP contribution in [0.5, 0.6) is 0 Å². The van der Waals surface area contributed by atoms with E-state index < -0.39 is 0 Å². The van der Waals surface area contributed by atoms with Gasteiger partial charge in [0.25, 0.3) is 0 Å². The van der Waals surface area contributed by atoms with Gasteiger partial charge in [-0.25, -0.2) is 4.98 Å². The summed E-state index contributed by atoms with van der Waals surface area (Å²) >= 11 is 3.41. The van der Waals surface area contributed by atoms with Crippen LogP contribution >= 0.6 is 15.9 Å². The topological polar surface area (TPSA) is 44.3 Å². The van der Waals surface area contributed by atoms with Gasteiger partial charge in [0, 0.05) is 39.4 Å². The third kappa shape index (κ3) is 2.44. The average molecular weight is 286 g/mol. The second-order valence-electron chi connectivity index (χ2n) is 3.91. The smallest absolute Gasteiger partial charge is 0.227 e. The zero-order valence-electron chi connectivity index (χ0n) is 9.57. The van der Waals surface area contributed by atoms with E-state index in [1.54, 1.807) is 6.20 Å². The van der Waals surface area contributed by atoms with Gasteiger partial charge in [-0.1, -0.05) is 0 Å². The molecule has 0 unspecified atom stereocenters. The molecule has 1 aromatic rings. The fraction of sp³-hybridized carbons (Fsp3) is 0.600. The van der Waals surface area contributed by atoms with Crippen molar-refractivity contribution < 1.29 is 0 Å². The summed E-state index contributed by atoms with van der Waals surface area (Å²) in [7, 11) is 4.00. The van der Waals surface area contributed by atoms with Crippen molar-refractivity contribution in [1.29, 1.82) is 0 Å². The average Bonchev–Trinajstić information content (AvgIpc) is 2.31. The summed E-state index contributed by atoms with van der Waals surface area (Å²) in [6, 6.07) is 0. The maximum atomic E-state index is 4.48. The van der Waals surface area contributed by atoms with E-state index in [2.05, 4.69) is 48.1 Å². The van der Waals surface area contributed by atoms with Crippen LogP contribution in [0.3, 0.4) is 0 Å². The number of anilines is 2. The van der Waals surface area contributed by atoms with Crippen molar-refractivity contribution in [3.8, 4) is 0 Å². The van der Waals surface area contributed by atoms with Gasteiger partial charge in [0.15, 0.2) is 0 Å². The molecule has 1 aromatic heterocycles. The largest absolute Gasteiger partial charge is 0.372 e. The Bertz CT molecular complexity index is 362. The monoisotopic (exact) mass is 285 g/mol. The molecule has 0 saturated carbocycles. The Morgan fingerprint density at radius 3 is 2.62 bits per heavy atom. The van der Waals surface area contributed by atoms with Gasteiger partial charge in [-0.05, 0) is 23.0 Å². The molecule has 6 heteroatoms. The molecule has 1 saturated heterocycles. The zero-order chi connectivity index (χ0) is 11.5. The highest BCUT2D eigenvalue weighted by molar-refractivity contribution is 9.10. The molecule has 1 fully saturated rings. The molecule has 1 aliphatic heterocycles. The van der Waals surface area contributed by atoms with E-state index in [1.165, 1.54) is 0 Å². The Balaban J connectivity index is 2.14. The number of likely N-dealkylation sites (N-methyl/N-ethyl adjacent to an activating group) is 1. The first-order chi connectivity index (χ1) is 7.70. The molecule has 0 spiro atoms. The van der Waals surface area contributed by atoms with Crippen LogP contribution in [-0.4, -0.2) is 55.1 Å². The Labute approximate surface area is 104 Å². The maximum Gasteiger partial charge on any atom is 0.227 e. The summed E-state index contributed by atoms with van der Waals surface area (Å²) in [5, 5.41) is 3.05. The molecule has 0 amide bonds. The molecule has 88 valence electrons. The first-order valence-electron chi connectivity index (χ1n) is 5.34. The molecule has 1 aliphatic rings. The van der Waals surface area contributed by atoms with Gasteiger partial charge in [0.2, 0.25) is 5.95 Å². The number of nitrogens with one attached hydrogen (secondary N) is 1. The summed E-state index contributed by atoms with van der Waals surface area (Å²) in [5.74, 6) is 1.64. The summed E-state index contributed by atoms with van der Waals surface area (Å²) < 4.78 is 0.896. The first kappa shape index (κ1) is 11.6. The number of halogens is 1. The minimum atomic E-state index is 0.806. The molecule has 2 rings (SSSR count). The highest BCUT2D eigenvalue weighted by Gasteiger charge is 2.17. The second kappa shape index (κ2) is 4.97. The Morgan fingerprint density at radius 1 is 1.31 bits per heavy atom. The molecule has 16 heavy (non-hydrogen) atoms. The molecule has 0 aliphatic carbocycles. The molecule has 0 atom stereocenters. The molecular weight excluding hydrogens is 270 g/mol. The fourth-order valence-electron chi connectivity index (χ4n) is 1.69. The summed E-state index contributed by atoms with van der Waals surface area (Å²) in [6.07, 6.45) is 1.80. The van der Waals surface area contributed by atoms with Crippen LogP contribution < -0.4 is 10.2 Å². The molecular formula is C10H16BrN5. The van der Waals surface area contributed by atoms with E-state index in [4.69, 9.17) is 0 Å². The fourth-order valence-corrected chi connectivity index (χ4v) is 2.08. The van der Waals surface area contributed by atoms with Crippen LogP contribution in [0.2, 0.25) is 0 Å². The number of rotatable bonds is 2. The van der Waals surface area contributed by atoms with Gasteiger partial charge >= 0.3 is 0 Å². The predicted molar refractivity (Wildman–Crippen MR) is 69.0 cm³/mol. The van der Waals surface area contributed by atoms with Gasteiger partial charge in [-0.2, -0.15) is 4.98 Å². The number of aromatic nitrogens is 2. The van der Waals surface area contributed by atoms with Crippen molar-refractivity contribution in [2.75, 3.05) is 50.5 Å². The second-order valence-corrected chi connectivity index (χ2v) is 4.76. The van der Waals surface area contributed by atoms with E-state index in [0.29, 0.717) is 0 Å². The van der Waals surface area contributed by atoms with Crippen molar-refractivity contribution in [3.05, 3.63) is 10.7 Å². The Hall–Kier alpha value is -0.880. The molecule has 2 heterocycles. The SMILES string of the molecule is CNc1nc(N2CCN(C)CC2)ncc1Br. The lowest BCUT2D eigenvalue weighted by molar-refractivity contribution is 0.311. The van der Waals surface area contributed by atoms with Gasteiger partial charge in [-0.15, -0.1) is 0 Å². The lowest BCUT2D eigenvalue weighted by Crippen LogP contribution is -2.45. The van der Waals surface area contributed by atoms with Crippen LogP contribution in [0, 0.1) is 0 Å². The highest BCUT2D eigenvalue weighted by Crippen LogP contribution is 2.21. The van der Waals surface area contributed by atoms with E-state index in [-0.39, 0.29) is 0 Å². The van der Waals surface area contributed by atoms with Crippen molar-refractivity contribution in [1.82, 2.24) is 14.9 Å². The lowest BCUT2D eigenvalue weighted by atomic mass is 10.3. The van der Waals surface area contributed by atoms with E-state index in [1.807, 2.05) is 7.05 Å². The van der Waals surface area contributed by atoms with E-state index >= 15 is 0 Å². The molecule has 5 nitrogen and oxygen atoms in total. The van der Waals surface area contributed by atoms with Crippen molar-refractivity contribution in [2.24, 2.45) is 0 Å². The number of piperazine rings is 1. The summed E-state index contributed by atoms with van der Waals surface area (Å²) in [6.45, 7) is 4.10. The summed E-state index contributed by atoms with van der Waals surface area (Å²) in [4.78, 5) is 13.4. The van der Waals surface area contributed by atoms with Gasteiger partial charge < -0.3 is 15.1 Å². The standard InChI is InChI=1S/C10H16BrN5/c1-12-9-8(11)7-13-10(14-9)16-5-3-15(2)4-6-16/h7H,3-6H2,1-2H3,(H,12,13,14). The van der Waals surface area contributed by atoms with E-state index in [0.717, 1.165) is 42.4 Å². The minimum absolute atomic E-state index is 0.806. The Kier molecular flexibility index (Phi) is 3.60. The van der Waals surface area contributed by atoms with Crippen molar-refractivity contribution in [3.63, 3.8) is 0 Å². The van der Waals surface area contributed by atoms with Crippen molar-refractivity contribution in [2.45, 2.75) is 0 Å². The minimum Gasteiger partial charge on any atom is -0.372 e. The normalized spacial score (nSPS) is 17.6. The van der Waals surface area contributed by atoms with Crippen LogP contribution in [-0.2, 0) is 0 Å². The third-order valence-corrected chi connectivity index (χ3v) is 3.33. The van der Waals surface area contributed by atoms with Crippen LogP contribution in [0.1, 0.15) is 0 Å². The molecule has 0 bridgehead atoms. The van der Waals surface area contributed by atoms with E-state index in [9.17, 15) is 0 Å². The van der Waals surface area contributed by atoms with Gasteiger partial charge in [0.05, 0.1) is 4.47 Å². The number of hydrogen-bond donors (Lipinski definition) is 1. The van der Waals surface area contributed by atoms with Crippen LogP contribution in [0.4, 0.5) is 11.8 Å². The van der Waals surface area contributed by atoms with Crippen molar-refractivity contribution >= 4 is 27.7 Å². The summed E-state index contributed by atoms with van der Waals surface area (Å²) in [5.41, 5.74) is 0. The maximum absolute atomic E-state index is 4.48. The number of hydrogen-bond acceptors (Lipinski definition) is 5. The first-order valence-corrected chi connectivity index (χ1v) is 6.14. The molecule has 0 radical (unpaired) electrons. The highest BCUT2D eigenvalue weighted by atomic mass is 79.9. The zero-order valence-corrected chi connectivity index (χ0v) is 11.2. The van der Waals surface area contributed by atoms with Crippen LogP contribution in [0.15, 0.2) is 10.7 Å². The quantitative estimate of drug-likeness (QED) is 0.880. The number of nitrogens with zero attached hydrogens (tertiary/aromatic N) is 4. The Morgan fingerprint density at radius 2 is 2.00 bits per heavy atom. The van der Waals surface area contributed by atoms with Gasteiger partial charge in [-0.3, -0.25) is 0 Å². The lowest BCUT2D eigenvalue weighted by Gasteiger charge is -2.32. The van der Waals surface area contributed by atoms with Crippen LogP contribution in [0.25, 0.3) is 0 Å². The molecule has 0 aromatic carbocycles. The third-order valence-electron chi connectivity index (χ3n) is 2.75.